The van der Waals surface area contributed by atoms with Crippen molar-refractivity contribution in [2.75, 3.05) is 52.3 Å². The Morgan fingerprint density at radius 2 is 0.613 bits per heavy atom. The van der Waals surface area contributed by atoms with E-state index in [1.807, 2.05) is 48.5 Å². The Morgan fingerprint density at radius 1 is 0.360 bits per heavy atom. The molecule has 5 aliphatic rings. The van der Waals surface area contributed by atoms with Gasteiger partial charge in [-0.25, -0.2) is 48.9 Å². The SMILES string of the molecule is Brc1ccc(I)nc1.CC(C)(C)OC(=O)NC1CCCNC1=O.CC(C)(C)OC(=O)N[C@@H]1CCCN(c2ccc(Br)cn2)C1=O.CC(C)(C)OC(=O)N[C@@H]1CCCN(c2ccc(I)nc2)C1=O.CC(C)(C)OC(=O)N[C@H]1CCCN(c2ccc(Br)cn2)C1=O.CC(C)(C)OC(=O)N[C@H]1CCCN(c2ccc(I)nc2)C1=O. The average Bonchev–Trinajstić information content (AvgIpc) is 0.834. The second kappa shape index (κ2) is 44.1. The number of carbonyl (C=O) groups excluding carboxylic acids is 10. The molecule has 5 aromatic heterocycles. The Labute approximate surface area is 715 Å². The van der Waals surface area contributed by atoms with Crippen LogP contribution in [0.2, 0.25) is 0 Å². The molecule has 10 rings (SSSR count). The van der Waals surface area contributed by atoms with Gasteiger partial charge in [-0.2, -0.15) is 0 Å². The maximum atomic E-state index is 12.5. The van der Waals surface area contributed by atoms with Crippen molar-refractivity contribution in [2.45, 2.75) is 226 Å². The molecule has 1 unspecified atom stereocenters. The summed E-state index contributed by atoms with van der Waals surface area (Å²) in [6.45, 7) is 30.0. The molecule has 6 N–H and O–H groups in total. The number of rotatable bonds is 9. The summed E-state index contributed by atoms with van der Waals surface area (Å²) < 4.78 is 31.4. The monoisotopic (exact) mass is 2070 g/mol. The molecule has 5 saturated heterocycles. The molecule has 0 bridgehead atoms. The Bertz CT molecular complexity index is 3490. The molecular weight excluding hydrogens is 1970 g/mol. The van der Waals surface area contributed by atoms with Gasteiger partial charge in [-0.05, 0) is 344 Å². The quantitative estimate of drug-likeness (QED) is 0.0453. The molecule has 10 heterocycles. The van der Waals surface area contributed by atoms with E-state index in [0.29, 0.717) is 76.5 Å². The van der Waals surface area contributed by atoms with Crippen LogP contribution in [0.1, 0.15) is 168 Å². The minimum Gasteiger partial charge on any atom is -0.444 e. The number of hydrogen-bond donors (Lipinski definition) is 6. The third-order valence-electron chi connectivity index (χ3n) is 15.2. The fourth-order valence-corrected chi connectivity index (χ4v) is 12.3. The van der Waals surface area contributed by atoms with E-state index in [9.17, 15) is 47.9 Å². The van der Waals surface area contributed by atoms with Gasteiger partial charge in [0, 0.05) is 64.7 Å². The lowest BCUT2D eigenvalue weighted by Gasteiger charge is -2.32. The first-order valence-corrected chi connectivity index (χ1v) is 41.6. The average molecular weight is 2070 g/mol. The highest BCUT2D eigenvalue weighted by atomic mass is 127. The third kappa shape index (κ3) is 36.0. The van der Waals surface area contributed by atoms with Crippen molar-refractivity contribution in [1.82, 2.24) is 56.8 Å². The number of alkyl carbamates (subject to hydrolysis) is 5. The van der Waals surface area contributed by atoms with E-state index in [2.05, 4.69) is 172 Å². The van der Waals surface area contributed by atoms with Crippen LogP contribution < -0.4 is 51.5 Å². The number of ether oxygens (including phenoxy) is 5. The van der Waals surface area contributed by atoms with Crippen LogP contribution in [0.25, 0.3) is 0 Å². The van der Waals surface area contributed by atoms with E-state index in [4.69, 9.17) is 23.7 Å². The fraction of sp³-hybridized carbons (Fsp3) is 0.533. The highest BCUT2D eigenvalue weighted by molar-refractivity contribution is 14.1. The fourth-order valence-electron chi connectivity index (χ4n) is 10.6. The number of pyridine rings is 5. The van der Waals surface area contributed by atoms with Crippen molar-refractivity contribution in [2.24, 2.45) is 0 Å². The van der Waals surface area contributed by atoms with Crippen LogP contribution >= 0.6 is 116 Å². The van der Waals surface area contributed by atoms with Gasteiger partial charge in [0.15, 0.2) is 0 Å². The molecule has 5 fully saturated rings. The standard InChI is InChI=1S/2C15H20BrN3O3.2C15H20IN3O3.C10H18N2O3.C5H3BrIN/c2*1-15(2,3)22-14(21)18-11-5-4-8-19(13(11)20)12-7-6-10(16)9-17-12;2*1-15(2,3)22-14(21)18-11-5-4-8-19(13(11)20)10-6-7-12(16)17-9-10;1-10(2,3)15-9(14)12-7-5-4-6-11-8(7)13;6-4-1-2-5(7)8-3-4/h4*6-7,9,11H,4-5,8H2,1-3H3,(H,18,21);7H,4-6H2,1-3H3,(H,11,13)(H,12,14);1-3H/t4*11-;;/m1010../s1. The maximum Gasteiger partial charge on any atom is 0.408 e. The topological polar surface area (TPSA) is 366 Å². The third-order valence-corrected chi connectivity index (χ3v) is 18.5. The van der Waals surface area contributed by atoms with Gasteiger partial charge >= 0.3 is 30.5 Å². The van der Waals surface area contributed by atoms with Crippen molar-refractivity contribution < 1.29 is 71.6 Å². The first-order valence-electron chi connectivity index (χ1n) is 36.0. The Balaban J connectivity index is 0.000000243. The first kappa shape index (κ1) is 94.7. The molecule has 608 valence electrons. The van der Waals surface area contributed by atoms with Crippen molar-refractivity contribution in [3.63, 3.8) is 0 Å². The molecule has 0 saturated carbocycles. The second-order valence-electron chi connectivity index (χ2n) is 30.6. The normalized spacial score (nSPS) is 18.7. The lowest BCUT2D eigenvalue weighted by molar-refractivity contribution is -0.124. The van der Waals surface area contributed by atoms with Crippen LogP contribution in [-0.4, -0.2) is 176 Å². The summed E-state index contributed by atoms with van der Waals surface area (Å²) in [5.74, 6) is 0.471. The molecule has 0 radical (unpaired) electrons. The summed E-state index contributed by atoms with van der Waals surface area (Å²) in [6.07, 6.45) is 12.8. The van der Waals surface area contributed by atoms with Gasteiger partial charge < -0.3 is 65.4 Å². The van der Waals surface area contributed by atoms with Gasteiger partial charge in [0.25, 0.3) is 11.8 Å². The first-order chi connectivity index (χ1) is 51.7. The highest BCUT2D eigenvalue weighted by Gasteiger charge is 2.37. The van der Waals surface area contributed by atoms with E-state index in [0.717, 1.165) is 68.0 Å². The van der Waals surface area contributed by atoms with Gasteiger partial charge in [0.1, 0.15) is 81.0 Å². The molecule has 36 heteroatoms. The van der Waals surface area contributed by atoms with Gasteiger partial charge in [-0.15, -0.1) is 0 Å². The number of amides is 10. The van der Waals surface area contributed by atoms with E-state index in [-0.39, 0.29) is 29.5 Å². The highest BCUT2D eigenvalue weighted by Crippen LogP contribution is 2.27. The van der Waals surface area contributed by atoms with Crippen LogP contribution in [0.5, 0.6) is 0 Å². The minimum absolute atomic E-state index is 0.125. The van der Waals surface area contributed by atoms with E-state index < -0.39 is 88.7 Å². The summed E-state index contributed by atoms with van der Waals surface area (Å²) in [6, 6.07) is 15.9. The zero-order chi connectivity index (χ0) is 82.8. The zero-order valence-electron chi connectivity index (χ0n) is 65.1. The van der Waals surface area contributed by atoms with E-state index in [1.54, 1.807) is 167 Å². The van der Waals surface area contributed by atoms with Crippen LogP contribution in [-0.2, 0) is 47.7 Å². The Kier molecular flexibility index (Phi) is 37.6. The number of carbonyl (C=O) groups is 10. The van der Waals surface area contributed by atoms with Crippen molar-refractivity contribution >= 4 is 199 Å². The van der Waals surface area contributed by atoms with Crippen LogP contribution in [0.15, 0.2) is 105 Å². The Hall–Kier alpha value is -6.92. The summed E-state index contributed by atoms with van der Waals surface area (Å²) in [4.78, 5) is 148. The lowest BCUT2D eigenvalue weighted by Crippen LogP contribution is -2.53. The summed E-state index contributed by atoms with van der Waals surface area (Å²) >= 11 is 16.3. The molecule has 5 atom stereocenters. The number of anilines is 4. The largest absolute Gasteiger partial charge is 0.444 e. The maximum absolute atomic E-state index is 12.5. The van der Waals surface area contributed by atoms with Crippen molar-refractivity contribution in [1.29, 1.82) is 0 Å². The van der Waals surface area contributed by atoms with Gasteiger partial charge in [0.05, 0.1) is 23.8 Å². The van der Waals surface area contributed by atoms with Gasteiger partial charge in [0.2, 0.25) is 17.7 Å². The number of piperidine rings is 5. The molecular formula is C75H101Br3I3N15O15. The van der Waals surface area contributed by atoms with Gasteiger partial charge in [-0.1, -0.05) is 0 Å². The molecule has 10 amide bonds. The summed E-state index contributed by atoms with van der Waals surface area (Å²) in [5, 5.41) is 15.9. The number of nitrogens with zero attached hydrogens (tertiary/aromatic N) is 9. The van der Waals surface area contributed by atoms with E-state index in [1.165, 1.54) is 0 Å². The second-order valence-corrected chi connectivity index (χ2v) is 36.7. The van der Waals surface area contributed by atoms with Crippen LogP contribution in [0.3, 0.4) is 0 Å². The Morgan fingerprint density at radius 3 is 0.856 bits per heavy atom. The molecule has 111 heavy (non-hydrogen) atoms. The smallest absolute Gasteiger partial charge is 0.408 e. The summed E-state index contributed by atoms with van der Waals surface area (Å²) in [5.41, 5.74) is -1.37. The zero-order valence-corrected chi connectivity index (χ0v) is 76.3. The number of aromatic nitrogens is 5. The minimum atomic E-state index is -0.589. The molecule has 5 aliphatic heterocycles. The molecule has 0 aliphatic carbocycles. The number of hydrogen-bond acceptors (Lipinski definition) is 20. The van der Waals surface area contributed by atoms with Crippen molar-refractivity contribution in [3.05, 3.63) is 116 Å². The predicted octanol–water partition coefficient (Wildman–Crippen LogP) is 14.4. The van der Waals surface area contributed by atoms with Crippen molar-refractivity contribution in [3.8, 4) is 0 Å². The van der Waals surface area contributed by atoms with Crippen LogP contribution in [0, 0.1) is 11.1 Å². The van der Waals surface area contributed by atoms with Gasteiger partial charge in [-0.3, -0.25) is 33.8 Å². The molecule has 30 nitrogen and oxygen atoms in total. The molecule has 0 spiro atoms. The number of halogens is 6. The van der Waals surface area contributed by atoms with Crippen LogP contribution in [0.4, 0.5) is 47.0 Å². The predicted molar refractivity (Wildman–Crippen MR) is 457 cm³/mol. The molecule has 0 aromatic carbocycles. The van der Waals surface area contributed by atoms with E-state index >= 15 is 0 Å². The lowest BCUT2D eigenvalue weighted by atomic mass is 10.0. The summed E-state index contributed by atoms with van der Waals surface area (Å²) in [7, 11) is 0. The number of nitrogens with one attached hydrogen (secondary N) is 6. The molecule has 5 aromatic rings.